The van der Waals surface area contributed by atoms with Crippen molar-refractivity contribution in [3.8, 4) is 0 Å². The van der Waals surface area contributed by atoms with Gasteiger partial charge in [0.05, 0.1) is 12.7 Å². The summed E-state index contributed by atoms with van der Waals surface area (Å²) in [5, 5.41) is 8.73. The van der Waals surface area contributed by atoms with Gasteiger partial charge < -0.3 is 9.84 Å². The van der Waals surface area contributed by atoms with E-state index in [1.165, 1.54) is 0 Å². The third-order valence-electron chi connectivity index (χ3n) is 2.24. The van der Waals surface area contributed by atoms with Gasteiger partial charge in [0.1, 0.15) is 0 Å². The van der Waals surface area contributed by atoms with Gasteiger partial charge in [-0.2, -0.15) is 0 Å². The van der Waals surface area contributed by atoms with Crippen molar-refractivity contribution >= 4 is 0 Å². The van der Waals surface area contributed by atoms with E-state index in [9.17, 15) is 0 Å². The maximum Gasteiger partial charge on any atom is 0.0834 e. The Morgan fingerprint density at radius 2 is 2.22 bits per heavy atom. The summed E-state index contributed by atoms with van der Waals surface area (Å²) >= 11 is 0. The molecule has 0 aromatic heterocycles. The van der Waals surface area contributed by atoms with Gasteiger partial charge in [-0.25, -0.2) is 0 Å². The third kappa shape index (κ3) is 1.25. The topological polar surface area (TPSA) is 29.5 Å². The van der Waals surface area contributed by atoms with Crippen molar-refractivity contribution in [1.82, 2.24) is 0 Å². The number of ether oxygens (including phenoxy) is 1. The van der Waals surface area contributed by atoms with E-state index in [1.54, 1.807) is 0 Å². The fourth-order valence-electron chi connectivity index (χ4n) is 1.16. The van der Waals surface area contributed by atoms with Crippen LogP contribution < -0.4 is 0 Å². The first kappa shape index (κ1) is 7.03. The molecule has 0 aromatic carbocycles. The van der Waals surface area contributed by atoms with Crippen LogP contribution in [0.4, 0.5) is 0 Å². The largest absolute Gasteiger partial charge is 0.394 e. The Hall–Kier alpha value is -0.0800. The fourth-order valence-corrected chi connectivity index (χ4v) is 1.16. The standard InChI is InChI=1S/C7H14O2/c1-5-4-9-7(3-8)6(5)2/h5-8H,3-4H2,1-2H3. The lowest BCUT2D eigenvalue weighted by Crippen LogP contribution is -2.19. The Labute approximate surface area is 55.8 Å². The first-order chi connectivity index (χ1) is 4.25. The Balaban J connectivity index is 2.41. The zero-order valence-corrected chi connectivity index (χ0v) is 6.00. The monoisotopic (exact) mass is 130 g/mol. The molecule has 0 aromatic rings. The van der Waals surface area contributed by atoms with E-state index in [0.717, 1.165) is 6.61 Å². The maximum atomic E-state index is 8.73. The molecule has 2 nitrogen and oxygen atoms in total. The molecule has 1 N–H and O–H groups in total. The van der Waals surface area contributed by atoms with Crippen molar-refractivity contribution in [3.05, 3.63) is 0 Å². The molecule has 0 saturated carbocycles. The van der Waals surface area contributed by atoms with Crippen LogP contribution in [0.2, 0.25) is 0 Å². The van der Waals surface area contributed by atoms with Crippen molar-refractivity contribution in [2.24, 2.45) is 11.8 Å². The van der Waals surface area contributed by atoms with Crippen LogP contribution in [0.5, 0.6) is 0 Å². The normalized spacial score (nSPS) is 43.7. The zero-order chi connectivity index (χ0) is 6.85. The minimum Gasteiger partial charge on any atom is -0.394 e. The molecule has 1 aliphatic heterocycles. The Morgan fingerprint density at radius 3 is 2.44 bits per heavy atom. The summed E-state index contributed by atoms with van der Waals surface area (Å²) in [5.74, 6) is 1.14. The van der Waals surface area contributed by atoms with E-state index < -0.39 is 0 Å². The maximum absolute atomic E-state index is 8.73. The van der Waals surface area contributed by atoms with Crippen molar-refractivity contribution < 1.29 is 9.84 Å². The van der Waals surface area contributed by atoms with Gasteiger partial charge in [0.25, 0.3) is 0 Å². The van der Waals surface area contributed by atoms with E-state index in [-0.39, 0.29) is 12.7 Å². The smallest absolute Gasteiger partial charge is 0.0834 e. The molecule has 3 atom stereocenters. The summed E-state index contributed by atoms with van der Waals surface area (Å²) in [6.45, 7) is 5.26. The minimum atomic E-state index is 0.0972. The number of aliphatic hydroxyl groups is 1. The van der Waals surface area contributed by atoms with Gasteiger partial charge in [0.2, 0.25) is 0 Å². The summed E-state index contributed by atoms with van der Waals surface area (Å²) in [6.07, 6.45) is 0.0972. The lowest BCUT2D eigenvalue weighted by Gasteiger charge is -2.12. The second-order valence-electron chi connectivity index (χ2n) is 2.89. The van der Waals surface area contributed by atoms with Crippen LogP contribution in [0.15, 0.2) is 0 Å². The predicted molar refractivity (Wildman–Crippen MR) is 35.2 cm³/mol. The van der Waals surface area contributed by atoms with E-state index in [1.807, 2.05) is 0 Å². The molecule has 1 fully saturated rings. The van der Waals surface area contributed by atoms with Gasteiger partial charge in [-0.15, -0.1) is 0 Å². The molecule has 1 heterocycles. The molecule has 0 radical (unpaired) electrons. The van der Waals surface area contributed by atoms with Crippen LogP contribution in [-0.4, -0.2) is 24.4 Å². The van der Waals surface area contributed by atoms with Crippen molar-refractivity contribution in [3.63, 3.8) is 0 Å². The van der Waals surface area contributed by atoms with Gasteiger partial charge in [0.15, 0.2) is 0 Å². The summed E-state index contributed by atoms with van der Waals surface area (Å²) in [7, 11) is 0. The van der Waals surface area contributed by atoms with E-state index in [4.69, 9.17) is 9.84 Å². The molecule has 3 unspecified atom stereocenters. The van der Waals surface area contributed by atoms with Gasteiger partial charge >= 0.3 is 0 Å². The van der Waals surface area contributed by atoms with Gasteiger partial charge in [-0.05, 0) is 11.8 Å². The summed E-state index contributed by atoms with van der Waals surface area (Å²) in [4.78, 5) is 0. The van der Waals surface area contributed by atoms with Crippen molar-refractivity contribution in [2.75, 3.05) is 13.2 Å². The Morgan fingerprint density at radius 1 is 1.56 bits per heavy atom. The highest BCUT2D eigenvalue weighted by molar-refractivity contribution is 4.76. The van der Waals surface area contributed by atoms with Gasteiger partial charge in [-0.1, -0.05) is 13.8 Å². The van der Waals surface area contributed by atoms with Crippen LogP contribution in [0.3, 0.4) is 0 Å². The molecule has 1 rings (SSSR count). The summed E-state index contributed by atoms with van der Waals surface area (Å²) in [6, 6.07) is 0. The molecule has 0 spiro atoms. The first-order valence-electron chi connectivity index (χ1n) is 3.48. The highest BCUT2D eigenvalue weighted by Crippen LogP contribution is 2.25. The van der Waals surface area contributed by atoms with Crippen LogP contribution in [0.25, 0.3) is 0 Å². The highest BCUT2D eigenvalue weighted by Gasteiger charge is 2.29. The quantitative estimate of drug-likeness (QED) is 0.564. The summed E-state index contributed by atoms with van der Waals surface area (Å²) in [5.41, 5.74) is 0. The molecule has 0 amide bonds. The first-order valence-corrected chi connectivity index (χ1v) is 3.48. The summed E-state index contributed by atoms with van der Waals surface area (Å²) < 4.78 is 5.28. The molecule has 54 valence electrons. The van der Waals surface area contributed by atoms with E-state index in [0.29, 0.717) is 11.8 Å². The molecule has 1 aliphatic rings. The van der Waals surface area contributed by atoms with Crippen LogP contribution >= 0.6 is 0 Å². The number of rotatable bonds is 1. The molecular formula is C7H14O2. The zero-order valence-electron chi connectivity index (χ0n) is 6.00. The van der Waals surface area contributed by atoms with Crippen LogP contribution in [0.1, 0.15) is 13.8 Å². The third-order valence-corrected chi connectivity index (χ3v) is 2.24. The molecule has 0 aliphatic carbocycles. The average molecular weight is 130 g/mol. The second kappa shape index (κ2) is 2.67. The lowest BCUT2D eigenvalue weighted by atomic mass is 9.95. The highest BCUT2D eigenvalue weighted by atomic mass is 16.5. The second-order valence-corrected chi connectivity index (χ2v) is 2.89. The Kier molecular flexibility index (Phi) is 2.09. The fraction of sp³-hybridized carbons (Fsp3) is 1.00. The molecule has 2 heteroatoms. The predicted octanol–water partition coefficient (Wildman–Crippen LogP) is 0.650. The molecular weight excluding hydrogens is 116 g/mol. The SMILES string of the molecule is CC1COC(CO)C1C. The van der Waals surface area contributed by atoms with Crippen LogP contribution in [-0.2, 0) is 4.74 Å². The van der Waals surface area contributed by atoms with Gasteiger partial charge in [0, 0.05) is 6.61 Å². The number of aliphatic hydroxyl groups excluding tert-OH is 1. The molecule has 1 saturated heterocycles. The molecule has 9 heavy (non-hydrogen) atoms. The number of hydrogen-bond donors (Lipinski definition) is 1. The lowest BCUT2D eigenvalue weighted by molar-refractivity contribution is 0.0429. The molecule has 0 bridgehead atoms. The Bertz CT molecular complexity index is 92.9. The minimum absolute atomic E-state index is 0.0972. The number of hydrogen-bond acceptors (Lipinski definition) is 2. The van der Waals surface area contributed by atoms with E-state index >= 15 is 0 Å². The van der Waals surface area contributed by atoms with E-state index in [2.05, 4.69) is 13.8 Å². The van der Waals surface area contributed by atoms with Gasteiger partial charge in [-0.3, -0.25) is 0 Å². The van der Waals surface area contributed by atoms with Crippen molar-refractivity contribution in [2.45, 2.75) is 20.0 Å². The van der Waals surface area contributed by atoms with Crippen molar-refractivity contribution in [1.29, 1.82) is 0 Å². The average Bonchev–Trinajstić information content (AvgIpc) is 2.15. The van der Waals surface area contributed by atoms with Crippen LogP contribution in [0, 0.1) is 11.8 Å².